The van der Waals surface area contributed by atoms with Gasteiger partial charge in [0.05, 0.1) is 0 Å². The van der Waals surface area contributed by atoms with Gasteiger partial charge in [0.15, 0.2) is 0 Å². The minimum absolute atomic E-state index is 0.0703. The van der Waals surface area contributed by atoms with E-state index < -0.39 is 0 Å². The van der Waals surface area contributed by atoms with Crippen molar-refractivity contribution >= 4 is 11.4 Å². The average Bonchev–Trinajstić information content (AvgIpc) is 1.88. The lowest BCUT2D eigenvalue weighted by molar-refractivity contribution is 0.311. The van der Waals surface area contributed by atoms with E-state index in [9.17, 15) is 0 Å². The lowest BCUT2D eigenvalue weighted by atomic mass is 10.1. The molecule has 0 atom stereocenters. The lowest BCUT2D eigenvalue weighted by Gasteiger charge is -2.03. The van der Waals surface area contributed by atoms with Gasteiger partial charge in [-0.1, -0.05) is 24.2 Å². The molecule has 2 N–H and O–H groups in total. The molecule has 0 aromatic carbocycles. The summed E-state index contributed by atoms with van der Waals surface area (Å²) in [5, 5.41) is 22.6. The highest BCUT2D eigenvalue weighted by Crippen LogP contribution is 1.98. The van der Waals surface area contributed by atoms with Crippen molar-refractivity contribution in [1.82, 2.24) is 0 Å². The van der Waals surface area contributed by atoms with E-state index >= 15 is 0 Å². The number of oxime groups is 2. The zero-order chi connectivity index (χ0) is 8.15. The standard InChI is InChI=1S/C6H12N2O2/c1-4(2)6(8-10)5(3)7-9/h4,9-10H,1-3H3/b7-5+,8-6-. The molecule has 0 bridgehead atoms. The second kappa shape index (κ2) is 3.87. The van der Waals surface area contributed by atoms with Crippen molar-refractivity contribution < 1.29 is 10.4 Å². The van der Waals surface area contributed by atoms with Gasteiger partial charge < -0.3 is 10.4 Å². The highest BCUT2D eigenvalue weighted by atomic mass is 16.4. The zero-order valence-electron chi connectivity index (χ0n) is 6.37. The smallest absolute Gasteiger partial charge is 0.107 e. The Morgan fingerprint density at radius 3 is 1.80 bits per heavy atom. The fraction of sp³-hybridized carbons (Fsp3) is 0.667. The van der Waals surface area contributed by atoms with Crippen molar-refractivity contribution in [2.24, 2.45) is 16.2 Å². The summed E-state index contributed by atoms with van der Waals surface area (Å²) in [5.74, 6) is 0.0703. The molecule has 0 saturated heterocycles. The van der Waals surface area contributed by atoms with E-state index in [1.54, 1.807) is 6.92 Å². The largest absolute Gasteiger partial charge is 0.411 e. The highest BCUT2D eigenvalue weighted by Gasteiger charge is 2.09. The molecule has 0 aromatic rings. The predicted molar refractivity (Wildman–Crippen MR) is 39.0 cm³/mol. The summed E-state index contributed by atoms with van der Waals surface area (Å²) in [7, 11) is 0. The first kappa shape index (κ1) is 8.94. The fourth-order valence-corrected chi connectivity index (χ4v) is 0.657. The van der Waals surface area contributed by atoms with E-state index in [-0.39, 0.29) is 5.92 Å². The molecule has 0 saturated carbocycles. The first-order valence-corrected chi connectivity index (χ1v) is 3.04. The molecule has 0 spiro atoms. The maximum atomic E-state index is 8.39. The summed E-state index contributed by atoms with van der Waals surface area (Å²) in [4.78, 5) is 0. The molecular weight excluding hydrogens is 132 g/mol. The molecule has 0 aromatic heterocycles. The Morgan fingerprint density at radius 1 is 1.20 bits per heavy atom. The van der Waals surface area contributed by atoms with Gasteiger partial charge in [-0.2, -0.15) is 0 Å². The van der Waals surface area contributed by atoms with Crippen molar-refractivity contribution in [2.45, 2.75) is 20.8 Å². The molecule has 0 heterocycles. The van der Waals surface area contributed by atoms with Crippen LogP contribution in [0.25, 0.3) is 0 Å². The number of nitrogens with zero attached hydrogens (tertiary/aromatic N) is 2. The van der Waals surface area contributed by atoms with Gasteiger partial charge in [0.25, 0.3) is 0 Å². The number of rotatable bonds is 2. The van der Waals surface area contributed by atoms with Crippen LogP contribution in [-0.2, 0) is 0 Å². The van der Waals surface area contributed by atoms with Gasteiger partial charge in [-0.25, -0.2) is 0 Å². The predicted octanol–water partition coefficient (Wildman–Crippen LogP) is 1.32. The van der Waals surface area contributed by atoms with Gasteiger partial charge in [-0.3, -0.25) is 0 Å². The molecule has 0 fully saturated rings. The highest BCUT2D eigenvalue weighted by molar-refractivity contribution is 6.41. The van der Waals surface area contributed by atoms with Gasteiger partial charge in [-0.15, -0.1) is 0 Å². The number of hydrogen-bond donors (Lipinski definition) is 2. The van der Waals surface area contributed by atoms with Gasteiger partial charge in [0.2, 0.25) is 0 Å². The molecule has 4 nitrogen and oxygen atoms in total. The minimum atomic E-state index is 0.0703. The topological polar surface area (TPSA) is 65.2 Å². The van der Waals surface area contributed by atoms with E-state index in [1.807, 2.05) is 13.8 Å². The molecule has 0 rings (SSSR count). The van der Waals surface area contributed by atoms with Crippen LogP contribution in [0.3, 0.4) is 0 Å². The third-order valence-corrected chi connectivity index (χ3v) is 1.18. The van der Waals surface area contributed by atoms with Crippen LogP contribution in [0.5, 0.6) is 0 Å². The first-order chi connectivity index (χ1) is 4.63. The van der Waals surface area contributed by atoms with E-state index in [2.05, 4.69) is 10.3 Å². The van der Waals surface area contributed by atoms with E-state index in [0.29, 0.717) is 11.4 Å². The van der Waals surface area contributed by atoms with Crippen LogP contribution < -0.4 is 0 Å². The van der Waals surface area contributed by atoms with Crippen molar-refractivity contribution in [2.75, 3.05) is 0 Å². The van der Waals surface area contributed by atoms with Crippen LogP contribution in [0, 0.1) is 5.92 Å². The molecule has 0 unspecified atom stereocenters. The first-order valence-electron chi connectivity index (χ1n) is 3.04. The minimum Gasteiger partial charge on any atom is -0.411 e. The summed E-state index contributed by atoms with van der Waals surface area (Å²) in [6.45, 7) is 5.28. The monoisotopic (exact) mass is 144 g/mol. The molecule has 0 aliphatic carbocycles. The van der Waals surface area contributed by atoms with Crippen molar-refractivity contribution in [3.05, 3.63) is 0 Å². The van der Waals surface area contributed by atoms with Crippen LogP contribution in [-0.4, -0.2) is 21.8 Å². The summed E-state index contributed by atoms with van der Waals surface area (Å²) < 4.78 is 0. The normalized spacial score (nSPS) is 14.4. The molecule has 4 heteroatoms. The van der Waals surface area contributed by atoms with Crippen LogP contribution >= 0.6 is 0 Å². The molecule has 0 aliphatic heterocycles. The Hall–Kier alpha value is -1.06. The Morgan fingerprint density at radius 2 is 1.70 bits per heavy atom. The average molecular weight is 144 g/mol. The summed E-state index contributed by atoms with van der Waals surface area (Å²) in [5.41, 5.74) is 0.750. The van der Waals surface area contributed by atoms with Crippen molar-refractivity contribution in [3.63, 3.8) is 0 Å². The van der Waals surface area contributed by atoms with Crippen LogP contribution in [0.4, 0.5) is 0 Å². The second-order valence-corrected chi connectivity index (χ2v) is 2.33. The summed E-state index contributed by atoms with van der Waals surface area (Å²) >= 11 is 0. The molecule has 0 amide bonds. The SMILES string of the molecule is CC(=N\O)/C(=N\O)C(C)C. The molecule has 10 heavy (non-hydrogen) atoms. The maximum absolute atomic E-state index is 8.39. The molecular formula is C6H12N2O2. The zero-order valence-corrected chi connectivity index (χ0v) is 6.37. The summed E-state index contributed by atoms with van der Waals surface area (Å²) in [6, 6.07) is 0. The number of hydrogen-bond acceptors (Lipinski definition) is 4. The third kappa shape index (κ3) is 2.05. The van der Waals surface area contributed by atoms with Gasteiger partial charge in [0.1, 0.15) is 11.4 Å². The molecule has 0 aliphatic rings. The molecule has 0 radical (unpaired) electrons. The third-order valence-electron chi connectivity index (χ3n) is 1.18. The lowest BCUT2D eigenvalue weighted by Crippen LogP contribution is -2.17. The van der Waals surface area contributed by atoms with Crippen LogP contribution in [0.1, 0.15) is 20.8 Å². The van der Waals surface area contributed by atoms with E-state index in [1.165, 1.54) is 0 Å². The van der Waals surface area contributed by atoms with E-state index in [0.717, 1.165) is 0 Å². The fourth-order valence-electron chi connectivity index (χ4n) is 0.657. The van der Waals surface area contributed by atoms with Crippen molar-refractivity contribution in [1.29, 1.82) is 0 Å². The van der Waals surface area contributed by atoms with Gasteiger partial charge in [-0.05, 0) is 6.92 Å². The second-order valence-electron chi connectivity index (χ2n) is 2.33. The van der Waals surface area contributed by atoms with E-state index in [4.69, 9.17) is 10.4 Å². The summed E-state index contributed by atoms with van der Waals surface area (Å²) in [6.07, 6.45) is 0. The van der Waals surface area contributed by atoms with Crippen molar-refractivity contribution in [3.8, 4) is 0 Å². The Bertz CT molecular complexity index is 161. The Labute approximate surface area is 59.9 Å². The maximum Gasteiger partial charge on any atom is 0.107 e. The van der Waals surface area contributed by atoms with Crippen LogP contribution in [0.15, 0.2) is 10.3 Å². The molecule has 58 valence electrons. The van der Waals surface area contributed by atoms with Crippen LogP contribution in [0.2, 0.25) is 0 Å². The Balaban J connectivity index is 4.39. The van der Waals surface area contributed by atoms with Gasteiger partial charge >= 0.3 is 0 Å². The van der Waals surface area contributed by atoms with Gasteiger partial charge in [0, 0.05) is 5.92 Å². The Kier molecular flexibility index (Phi) is 3.46. The quantitative estimate of drug-likeness (QED) is 0.348.